The van der Waals surface area contributed by atoms with Gasteiger partial charge >= 0.3 is 0 Å². The van der Waals surface area contributed by atoms with Gasteiger partial charge in [-0.2, -0.15) is 0 Å². The van der Waals surface area contributed by atoms with Crippen molar-refractivity contribution in [1.82, 2.24) is 0 Å². The fourth-order valence-corrected chi connectivity index (χ4v) is 1.13. The van der Waals surface area contributed by atoms with Crippen molar-refractivity contribution in [2.24, 2.45) is 5.92 Å². The second-order valence-electron chi connectivity index (χ2n) is 2.39. The summed E-state index contributed by atoms with van der Waals surface area (Å²) in [6, 6.07) is 0. The van der Waals surface area contributed by atoms with E-state index in [1.54, 1.807) is 0 Å². The molecule has 1 saturated carbocycles. The van der Waals surface area contributed by atoms with Crippen LogP contribution in [-0.4, -0.2) is 0 Å². The Labute approximate surface area is 59.3 Å². The van der Waals surface area contributed by atoms with Crippen LogP contribution in [0.1, 0.15) is 32.6 Å². The van der Waals surface area contributed by atoms with Crippen molar-refractivity contribution in [2.75, 3.05) is 0 Å². The number of rotatable bonds is 0. The fourth-order valence-electron chi connectivity index (χ4n) is 1.13. The first-order chi connectivity index (χ1) is 2.89. The van der Waals surface area contributed by atoms with Crippen molar-refractivity contribution in [1.29, 1.82) is 0 Å². The van der Waals surface area contributed by atoms with Crippen LogP contribution in [0.25, 0.3) is 0 Å². The Morgan fingerprint density at radius 3 is 1.71 bits per heavy atom. The summed E-state index contributed by atoms with van der Waals surface area (Å²) in [4.78, 5) is 0. The zero-order valence-corrected chi connectivity index (χ0v) is 6.28. The monoisotopic (exact) mass is 190 g/mol. The maximum atomic E-state index is 2.34. The molecule has 0 bridgehead atoms. The molecule has 0 aromatic heterocycles. The molecule has 0 radical (unpaired) electrons. The quantitative estimate of drug-likeness (QED) is 0.514. The van der Waals surface area contributed by atoms with Crippen LogP contribution in [0, 0.1) is 5.92 Å². The van der Waals surface area contributed by atoms with Crippen LogP contribution in [0.5, 0.6) is 0 Å². The Balaban J connectivity index is 0.000000360. The molecule has 0 heterocycles. The Kier molecular flexibility index (Phi) is 3.98. The summed E-state index contributed by atoms with van der Waals surface area (Å²) in [5, 5.41) is 0. The van der Waals surface area contributed by atoms with Crippen LogP contribution in [0.2, 0.25) is 0 Å². The third-order valence-electron chi connectivity index (χ3n) is 1.64. The van der Waals surface area contributed by atoms with Gasteiger partial charge in [-0.05, 0) is 5.92 Å². The first-order valence-electron chi connectivity index (χ1n) is 2.89. The molecule has 1 aliphatic carbocycles. The van der Waals surface area contributed by atoms with Gasteiger partial charge in [-0.1, -0.05) is 32.6 Å². The van der Waals surface area contributed by atoms with Crippen molar-refractivity contribution in [3.63, 3.8) is 0 Å². The first kappa shape index (κ1) is 7.66. The van der Waals surface area contributed by atoms with Gasteiger partial charge in [-0.3, -0.25) is 0 Å². The summed E-state index contributed by atoms with van der Waals surface area (Å²) >= 11 is 0. The Hall–Kier alpha value is 0.662. The van der Waals surface area contributed by atoms with Gasteiger partial charge in [0, 0.05) is 20.4 Å². The minimum atomic E-state index is 0. The second kappa shape index (κ2) is 3.64. The fraction of sp³-hybridized carbons (Fsp3) is 1.00. The van der Waals surface area contributed by atoms with Crippen LogP contribution in [0.3, 0.4) is 0 Å². The maximum absolute atomic E-state index is 2.34. The minimum absolute atomic E-state index is 0. The van der Waals surface area contributed by atoms with E-state index in [-0.39, 0.29) is 20.4 Å². The molecule has 0 aromatic carbocycles. The van der Waals surface area contributed by atoms with E-state index in [9.17, 15) is 0 Å². The summed E-state index contributed by atoms with van der Waals surface area (Å²) in [5.74, 6) is 1.05. The predicted octanol–water partition coefficient (Wildman–Crippen LogP) is 2.19. The molecule has 0 N–H and O–H groups in total. The van der Waals surface area contributed by atoms with Crippen LogP contribution >= 0.6 is 0 Å². The van der Waals surface area contributed by atoms with E-state index < -0.39 is 0 Å². The number of hydrogen-bond acceptors (Lipinski definition) is 0. The van der Waals surface area contributed by atoms with E-state index in [1.807, 2.05) is 0 Å². The maximum Gasteiger partial charge on any atom is 0 e. The molecule has 0 atom stereocenters. The summed E-state index contributed by atoms with van der Waals surface area (Å²) in [5.41, 5.74) is 0. The molecule has 46 valence electrons. The van der Waals surface area contributed by atoms with Crippen molar-refractivity contribution in [3.05, 3.63) is 0 Å². The topological polar surface area (TPSA) is 0 Å². The predicted molar refractivity (Wildman–Crippen MR) is 27.6 cm³/mol. The standard InChI is InChI=1S/C6H12.Pd/c1-6-4-2-3-5-6;/h6H,2-5H2,1H3;. The molecular weight excluding hydrogens is 178 g/mol. The van der Waals surface area contributed by atoms with Crippen molar-refractivity contribution in [2.45, 2.75) is 32.6 Å². The average molecular weight is 191 g/mol. The molecule has 0 nitrogen and oxygen atoms in total. The van der Waals surface area contributed by atoms with Gasteiger partial charge in [0.25, 0.3) is 0 Å². The summed E-state index contributed by atoms with van der Waals surface area (Å²) in [7, 11) is 0. The van der Waals surface area contributed by atoms with Crippen LogP contribution in [-0.2, 0) is 20.4 Å². The van der Waals surface area contributed by atoms with Gasteiger partial charge < -0.3 is 0 Å². The van der Waals surface area contributed by atoms with E-state index in [0.717, 1.165) is 5.92 Å². The smallest absolute Gasteiger partial charge is 0 e. The zero-order valence-electron chi connectivity index (χ0n) is 4.72. The molecule has 1 rings (SSSR count). The normalized spacial score (nSPS) is 21.9. The van der Waals surface area contributed by atoms with Gasteiger partial charge in [0.2, 0.25) is 0 Å². The third kappa shape index (κ3) is 2.47. The van der Waals surface area contributed by atoms with Crippen molar-refractivity contribution in [3.8, 4) is 0 Å². The minimum Gasteiger partial charge on any atom is -0.0625 e. The molecule has 1 heteroatoms. The molecule has 0 unspecified atom stereocenters. The first-order valence-corrected chi connectivity index (χ1v) is 2.89. The van der Waals surface area contributed by atoms with Gasteiger partial charge in [0.1, 0.15) is 0 Å². The van der Waals surface area contributed by atoms with Crippen LogP contribution in [0.15, 0.2) is 0 Å². The molecular formula is C6H12Pd. The number of hydrogen-bond donors (Lipinski definition) is 0. The van der Waals surface area contributed by atoms with Crippen molar-refractivity contribution < 1.29 is 20.4 Å². The summed E-state index contributed by atoms with van der Waals surface area (Å²) in [6.07, 6.45) is 5.95. The van der Waals surface area contributed by atoms with Gasteiger partial charge in [-0.15, -0.1) is 0 Å². The molecule has 0 spiro atoms. The zero-order chi connectivity index (χ0) is 4.41. The molecule has 1 fully saturated rings. The van der Waals surface area contributed by atoms with E-state index in [4.69, 9.17) is 0 Å². The molecule has 0 saturated heterocycles. The van der Waals surface area contributed by atoms with Crippen LogP contribution < -0.4 is 0 Å². The van der Waals surface area contributed by atoms with E-state index >= 15 is 0 Å². The second-order valence-corrected chi connectivity index (χ2v) is 2.39. The largest absolute Gasteiger partial charge is 0.0625 e. The van der Waals surface area contributed by atoms with E-state index in [1.165, 1.54) is 25.7 Å². The van der Waals surface area contributed by atoms with E-state index in [0.29, 0.717) is 0 Å². The van der Waals surface area contributed by atoms with E-state index in [2.05, 4.69) is 6.92 Å². The molecule has 0 aromatic rings. The Bertz CT molecular complexity index is 37.4. The van der Waals surface area contributed by atoms with Gasteiger partial charge in [-0.25, -0.2) is 0 Å². The van der Waals surface area contributed by atoms with Crippen molar-refractivity contribution >= 4 is 0 Å². The summed E-state index contributed by atoms with van der Waals surface area (Å²) < 4.78 is 0. The Morgan fingerprint density at radius 2 is 1.57 bits per heavy atom. The molecule has 1 aliphatic rings. The summed E-state index contributed by atoms with van der Waals surface area (Å²) in [6.45, 7) is 2.34. The Morgan fingerprint density at radius 1 is 1.14 bits per heavy atom. The third-order valence-corrected chi connectivity index (χ3v) is 1.64. The molecule has 0 aliphatic heterocycles. The SMILES string of the molecule is CC1CCCC1.[Pd]. The molecule has 7 heavy (non-hydrogen) atoms. The van der Waals surface area contributed by atoms with Crippen LogP contribution in [0.4, 0.5) is 0 Å². The van der Waals surface area contributed by atoms with Gasteiger partial charge in [0.05, 0.1) is 0 Å². The average Bonchev–Trinajstić information content (AvgIpc) is 1.86. The molecule has 0 amide bonds. The van der Waals surface area contributed by atoms with Gasteiger partial charge in [0.15, 0.2) is 0 Å².